The van der Waals surface area contributed by atoms with Crippen LogP contribution in [0.5, 0.6) is 0 Å². The van der Waals surface area contributed by atoms with Crippen LogP contribution >= 0.6 is 11.3 Å². The van der Waals surface area contributed by atoms with Gasteiger partial charge in [-0.15, -0.1) is 11.3 Å². The molecule has 2 amide bonds. The lowest BCUT2D eigenvalue weighted by atomic mass is 10.0. The van der Waals surface area contributed by atoms with Crippen LogP contribution in [0.3, 0.4) is 0 Å². The molecule has 36 heavy (non-hydrogen) atoms. The van der Waals surface area contributed by atoms with Gasteiger partial charge in [0.2, 0.25) is 5.91 Å². The zero-order valence-electron chi connectivity index (χ0n) is 20.1. The number of hydrogen-bond donors (Lipinski definition) is 0. The average Bonchev–Trinajstić information content (AvgIpc) is 3.00. The number of nitrogens with zero attached hydrogens (tertiary/aromatic N) is 2. The molecule has 3 rings (SSSR count). The minimum absolute atomic E-state index is 0.0617. The van der Waals surface area contributed by atoms with E-state index >= 15 is 0 Å². The van der Waals surface area contributed by atoms with Crippen molar-refractivity contribution in [1.29, 1.82) is 0 Å². The number of alkyl halides is 6. The summed E-state index contributed by atoms with van der Waals surface area (Å²) in [7, 11) is 0. The molecule has 1 unspecified atom stereocenters. The molecule has 1 aromatic carbocycles. The van der Waals surface area contributed by atoms with E-state index < -0.39 is 48.1 Å². The van der Waals surface area contributed by atoms with Crippen LogP contribution in [0.15, 0.2) is 23.6 Å². The van der Waals surface area contributed by atoms with Gasteiger partial charge < -0.3 is 9.64 Å². The van der Waals surface area contributed by atoms with E-state index in [2.05, 4.69) is 0 Å². The van der Waals surface area contributed by atoms with E-state index in [0.717, 1.165) is 5.56 Å². The highest BCUT2D eigenvalue weighted by atomic mass is 32.1. The minimum Gasteiger partial charge on any atom is -0.446 e. The molecule has 2 heterocycles. The molecule has 1 aromatic heterocycles. The highest BCUT2D eigenvalue weighted by Crippen LogP contribution is 2.44. The second-order valence-corrected chi connectivity index (χ2v) is 9.85. The normalized spacial score (nSPS) is 16.5. The lowest BCUT2D eigenvalue weighted by Crippen LogP contribution is -2.34. The van der Waals surface area contributed by atoms with E-state index in [-0.39, 0.29) is 17.7 Å². The van der Waals surface area contributed by atoms with Crippen LogP contribution in [0.25, 0.3) is 0 Å². The Kier molecular flexibility index (Phi) is 7.97. The molecule has 0 fully saturated rings. The molecule has 0 N–H and O–H groups in total. The van der Waals surface area contributed by atoms with Gasteiger partial charge in [-0.3, -0.25) is 9.69 Å². The number of thiophene rings is 1. The molecule has 5 nitrogen and oxygen atoms in total. The summed E-state index contributed by atoms with van der Waals surface area (Å²) in [4.78, 5) is 28.8. The van der Waals surface area contributed by atoms with Gasteiger partial charge in [-0.05, 0) is 68.3 Å². The van der Waals surface area contributed by atoms with Crippen LogP contribution in [0, 0.1) is 6.92 Å². The first-order valence-corrected chi connectivity index (χ1v) is 12.1. The van der Waals surface area contributed by atoms with Gasteiger partial charge in [0.15, 0.2) is 0 Å². The van der Waals surface area contributed by atoms with E-state index in [4.69, 9.17) is 4.74 Å². The van der Waals surface area contributed by atoms with Gasteiger partial charge in [0.1, 0.15) is 0 Å². The molecule has 1 aliphatic rings. The van der Waals surface area contributed by atoms with Gasteiger partial charge in [-0.25, -0.2) is 4.79 Å². The number of carbonyl (C=O) groups excluding carboxylic acids is 2. The summed E-state index contributed by atoms with van der Waals surface area (Å²) >= 11 is 1.28. The minimum atomic E-state index is -4.99. The summed E-state index contributed by atoms with van der Waals surface area (Å²) < 4.78 is 85.5. The van der Waals surface area contributed by atoms with E-state index in [1.54, 1.807) is 26.2 Å². The third-order valence-corrected chi connectivity index (χ3v) is 6.93. The molecule has 198 valence electrons. The van der Waals surface area contributed by atoms with E-state index in [1.165, 1.54) is 28.1 Å². The topological polar surface area (TPSA) is 49.9 Å². The van der Waals surface area contributed by atoms with Crippen LogP contribution in [0.2, 0.25) is 0 Å². The van der Waals surface area contributed by atoms with Gasteiger partial charge in [-0.1, -0.05) is 0 Å². The quantitative estimate of drug-likeness (QED) is 0.385. The van der Waals surface area contributed by atoms with Crippen molar-refractivity contribution in [2.45, 2.75) is 71.6 Å². The van der Waals surface area contributed by atoms with Crippen molar-refractivity contribution in [3.8, 4) is 0 Å². The molecule has 0 saturated heterocycles. The number of benzene rings is 1. The number of halogens is 6. The number of carbonyl (C=O) groups is 2. The molecule has 0 spiro atoms. The maximum Gasteiger partial charge on any atom is 0.416 e. The standard InChI is InChI=1S/C24H26F6N2O3S/c1-13(2)35-22(34)31-7-5-6-19(21-20(31)14(3)12-36-21)32(15(4)33)11-16-8-17(23(25,26)27)10-18(9-16)24(28,29)30/h8-10,12-13,19H,5-7,11H2,1-4H3. The average molecular weight is 537 g/mol. The third kappa shape index (κ3) is 6.13. The van der Waals surface area contributed by atoms with Crippen LogP contribution in [0.4, 0.5) is 36.8 Å². The summed E-state index contributed by atoms with van der Waals surface area (Å²) in [6.45, 7) is 6.26. The number of hydrogen-bond acceptors (Lipinski definition) is 4. The number of fused-ring (bicyclic) bond motifs is 1. The van der Waals surface area contributed by atoms with E-state index in [9.17, 15) is 35.9 Å². The monoisotopic (exact) mass is 536 g/mol. The summed E-state index contributed by atoms with van der Waals surface area (Å²) in [6.07, 6.45) is -10.1. The number of ether oxygens (including phenoxy) is 1. The Morgan fingerprint density at radius 3 is 2.19 bits per heavy atom. The van der Waals surface area contributed by atoms with Gasteiger partial charge in [-0.2, -0.15) is 26.3 Å². The molecular formula is C24H26F6N2O3S. The molecule has 0 saturated carbocycles. The molecular weight excluding hydrogens is 510 g/mol. The van der Waals surface area contributed by atoms with Gasteiger partial charge in [0.25, 0.3) is 0 Å². The maximum atomic E-state index is 13.4. The first kappa shape index (κ1) is 27.8. The van der Waals surface area contributed by atoms with Crippen molar-refractivity contribution in [2.24, 2.45) is 0 Å². The number of anilines is 1. The molecule has 0 aliphatic carbocycles. The lowest BCUT2D eigenvalue weighted by molar-refractivity contribution is -0.143. The summed E-state index contributed by atoms with van der Waals surface area (Å²) in [6, 6.07) is 0.687. The fraction of sp³-hybridized carbons (Fsp3) is 0.500. The predicted octanol–water partition coefficient (Wildman–Crippen LogP) is 7.33. The van der Waals surface area contributed by atoms with Crippen molar-refractivity contribution in [3.63, 3.8) is 0 Å². The van der Waals surface area contributed by atoms with Crippen molar-refractivity contribution >= 4 is 29.0 Å². The number of aryl methyl sites for hydroxylation is 1. The van der Waals surface area contributed by atoms with Crippen molar-refractivity contribution in [2.75, 3.05) is 11.4 Å². The number of rotatable bonds is 4. The first-order valence-electron chi connectivity index (χ1n) is 11.2. The summed E-state index contributed by atoms with van der Waals surface area (Å²) in [5.41, 5.74) is -1.86. The summed E-state index contributed by atoms with van der Waals surface area (Å²) in [5, 5.41) is 1.79. The van der Waals surface area contributed by atoms with Crippen molar-refractivity contribution < 1.29 is 40.7 Å². The van der Waals surface area contributed by atoms with Gasteiger partial charge in [0.05, 0.1) is 33.8 Å². The van der Waals surface area contributed by atoms with Crippen LogP contribution in [-0.2, 0) is 28.4 Å². The largest absolute Gasteiger partial charge is 0.446 e. The lowest BCUT2D eigenvalue weighted by Gasteiger charge is -2.31. The SMILES string of the molecule is CC(=O)N(Cc1cc(C(F)(F)F)cc(C(F)(F)F)c1)C1CCCN(C(=O)OC(C)C)c2c(C)csc21. The Balaban J connectivity index is 2.04. The molecule has 0 bridgehead atoms. The molecule has 1 atom stereocenters. The van der Waals surface area contributed by atoms with E-state index in [0.29, 0.717) is 42.1 Å². The molecule has 2 aromatic rings. The fourth-order valence-electron chi connectivity index (χ4n) is 4.22. The van der Waals surface area contributed by atoms with Crippen LogP contribution in [-0.4, -0.2) is 29.5 Å². The van der Waals surface area contributed by atoms with Crippen LogP contribution in [0.1, 0.15) is 66.8 Å². The molecule has 12 heteroatoms. The summed E-state index contributed by atoms with van der Waals surface area (Å²) in [5.74, 6) is -0.513. The Labute approximate surface area is 208 Å². The smallest absolute Gasteiger partial charge is 0.416 e. The fourth-order valence-corrected chi connectivity index (χ4v) is 5.42. The maximum absolute atomic E-state index is 13.4. The Bertz CT molecular complexity index is 1090. The Hall–Kier alpha value is -2.76. The number of amides is 2. The second kappa shape index (κ2) is 10.3. The van der Waals surface area contributed by atoms with E-state index in [1.807, 2.05) is 0 Å². The Morgan fingerprint density at radius 1 is 1.11 bits per heavy atom. The van der Waals surface area contributed by atoms with Crippen molar-refractivity contribution in [1.82, 2.24) is 4.90 Å². The van der Waals surface area contributed by atoms with Gasteiger partial charge >= 0.3 is 18.4 Å². The molecule has 1 aliphatic heterocycles. The predicted molar refractivity (Wildman–Crippen MR) is 123 cm³/mol. The zero-order valence-corrected chi connectivity index (χ0v) is 20.9. The third-order valence-electron chi connectivity index (χ3n) is 5.74. The Morgan fingerprint density at radius 2 is 1.69 bits per heavy atom. The highest BCUT2D eigenvalue weighted by Gasteiger charge is 2.38. The van der Waals surface area contributed by atoms with Gasteiger partial charge in [0, 0.05) is 20.0 Å². The van der Waals surface area contributed by atoms with Crippen LogP contribution < -0.4 is 4.90 Å². The zero-order chi connectivity index (χ0) is 27.0. The van der Waals surface area contributed by atoms with Crippen molar-refractivity contribution in [3.05, 3.63) is 50.7 Å². The molecule has 0 radical (unpaired) electrons. The first-order chi connectivity index (χ1) is 16.6. The second-order valence-electron chi connectivity index (χ2n) is 8.93. The highest BCUT2D eigenvalue weighted by molar-refractivity contribution is 7.10.